The molecule has 122 valence electrons. The highest BCUT2D eigenvalue weighted by Gasteiger charge is 2.02. The fourth-order valence-electron chi connectivity index (χ4n) is 2.77. The summed E-state index contributed by atoms with van der Waals surface area (Å²) in [6.07, 6.45) is 20.1. The molecule has 0 amide bonds. The lowest BCUT2D eigenvalue weighted by Crippen LogP contribution is -2.19. The van der Waals surface area contributed by atoms with Gasteiger partial charge >= 0.3 is 0 Å². The molecule has 0 fully saturated rings. The monoisotopic (exact) mass is 284 g/mol. The summed E-state index contributed by atoms with van der Waals surface area (Å²) in [6, 6.07) is 0.457. The van der Waals surface area contributed by atoms with Crippen LogP contribution in [0, 0.1) is 0 Å². The molecule has 0 aliphatic rings. The Kier molecular flexibility index (Phi) is 16.9. The van der Waals surface area contributed by atoms with E-state index in [4.69, 9.17) is 11.5 Å². The van der Waals surface area contributed by atoms with Crippen molar-refractivity contribution in [2.75, 3.05) is 6.54 Å². The molecule has 0 heterocycles. The van der Waals surface area contributed by atoms with Crippen molar-refractivity contribution in [1.29, 1.82) is 0 Å². The second-order valence-electron chi connectivity index (χ2n) is 6.37. The molecule has 0 bridgehead atoms. The van der Waals surface area contributed by atoms with Crippen LogP contribution in [0.3, 0.4) is 0 Å². The zero-order chi connectivity index (χ0) is 14.9. The fraction of sp³-hybridized carbons (Fsp3) is 1.00. The molecule has 0 aliphatic heterocycles. The van der Waals surface area contributed by atoms with E-state index in [0.29, 0.717) is 6.04 Å². The molecule has 0 aromatic heterocycles. The first-order valence-corrected chi connectivity index (χ1v) is 9.27. The Labute approximate surface area is 128 Å². The fourth-order valence-corrected chi connectivity index (χ4v) is 2.77. The predicted molar refractivity (Wildman–Crippen MR) is 92.0 cm³/mol. The Morgan fingerprint density at radius 1 is 0.600 bits per heavy atom. The van der Waals surface area contributed by atoms with Crippen LogP contribution in [0.4, 0.5) is 0 Å². The van der Waals surface area contributed by atoms with Crippen LogP contribution in [-0.4, -0.2) is 12.6 Å². The lowest BCUT2D eigenvalue weighted by Gasteiger charge is -2.11. The van der Waals surface area contributed by atoms with Crippen LogP contribution in [0.15, 0.2) is 0 Å². The highest BCUT2D eigenvalue weighted by molar-refractivity contribution is 4.62. The second-order valence-corrected chi connectivity index (χ2v) is 6.37. The van der Waals surface area contributed by atoms with Crippen molar-refractivity contribution in [2.24, 2.45) is 11.5 Å². The first kappa shape index (κ1) is 19.9. The maximum atomic E-state index is 6.18. The van der Waals surface area contributed by atoms with Crippen LogP contribution < -0.4 is 11.5 Å². The van der Waals surface area contributed by atoms with Gasteiger partial charge in [-0.3, -0.25) is 0 Å². The minimum absolute atomic E-state index is 0.457. The summed E-state index contributed by atoms with van der Waals surface area (Å²) in [5.41, 5.74) is 11.7. The Bertz CT molecular complexity index is 171. The van der Waals surface area contributed by atoms with Gasteiger partial charge in [0.05, 0.1) is 0 Å². The van der Waals surface area contributed by atoms with E-state index in [1.807, 2.05) is 0 Å². The van der Waals surface area contributed by atoms with Crippen LogP contribution >= 0.6 is 0 Å². The molecule has 1 atom stereocenters. The number of hydrogen-bond acceptors (Lipinski definition) is 2. The van der Waals surface area contributed by atoms with Gasteiger partial charge in [-0.2, -0.15) is 0 Å². The molecular formula is C18H40N2. The van der Waals surface area contributed by atoms with Crippen molar-refractivity contribution in [3.63, 3.8) is 0 Å². The molecule has 0 spiro atoms. The molecule has 2 heteroatoms. The minimum Gasteiger partial charge on any atom is -0.330 e. The number of rotatable bonds is 16. The van der Waals surface area contributed by atoms with E-state index in [0.717, 1.165) is 6.54 Å². The normalized spacial score (nSPS) is 12.8. The quantitative estimate of drug-likeness (QED) is 0.385. The summed E-state index contributed by atoms with van der Waals surface area (Å²) in [5, 5.41) is 0. The topological polar surface area (TPSA) is 52.0 Å². The number of nitrogens with two attached hydrogens (primary N) is 2. The molecule has 4 N–H and O–H groups in total. The van der Waals surface area contributed by atoms with E-state index < -0.39 is 0 Å². The Morgan fingerprint density at radius 3 is 1.45 bits per heavy atom. The lowest BCUT2D eigenvalue weighted by molar-refractivity contribution is 0.482. The highest BCUT2D eigenvalue weighted by Crippen LogP contribution is 2.13. The summed E-state index contributed by atoms with van der Waals surface area (Å²) in [4.78, 5) is 0. The molecule has 0 saturated heterocycles. The summed E-state index contributed by atoms with van der Waals surface area (Å²) >= 11 is 0. The highest BCUT2D eigenvalue weighted by atomic mass is 14.6. The van der Waals surface area contributed by atoms with Gasteiger partial charge < -0.3 is 11.5 Å². The van der Waals surface area contributed by atoms with Crippen LogP contribution in [-0.2, 0) is 0 Å². The van der Waals surface area contributed by atoms with Crippen LogP contribution in [0.25, 0.3) is 0 Å². The largest absolute Gasteiger partial charge is 0.330 e. The maximum absolute atomic E-state index is 6.18. The smallest absolute Gasteiger partial charge is 0.00388 e. The molecule has 0 aromatic carbocycles. The van der Waals surface area contributed by atoms with Gasteiger partial charge in [-0.05, 0) is 25.8 Å². The molecule has 20 heavy (non-hydrogen) atoms. The van der Waals surface area contributed by atoms with Gasteiger partial charge in [-0.1, -0.05) is 84.0 Å². The van der Waals surface area contributed by atoms with E-state index in [9.17, 15) is 0 Å². The van der Waals surface area contributed by atoms with Gasteiger partial charge in [0.1, 0.15) is 0 Å². The summed E-state index contributed by atoms with van der Waals surface area (Å²) < 4.78 is 0. The lowest BCUT2D eigenvalue weighted by atomic mass is 10.0. The molecule has 0 rings (SSSR count). The third-order valence-electron chi connectivity index (χ3n) is 4.21. The van der Waals surface area contributed by atoms with Crippen molar-refractivity contribution < 1.29 is 0 Å². The van der Waals surface area contributed by atoms with Gasteiger partial charge in [0.2, 0.25) is 0 Å². The van der Waals surface area contributed by atoms with Gasteiger partial charge in [-0.15, -0.1) is 0 Å². The first-order chi connectivity index (χ1) is 9.81. The van der Waals surface area contributed by atoms with Gasteiger partial charge in [0.15, 0.2) is 0 Å². The third-order valence-corrected chi connectivity index (χ3v) is 4.21. The second kappa shape index (κ2) is 17.0. The van der Waals surface area contributed by atoms with Crippen molar-refractivity contribution in [3.8, 4) is 0 Å². The first-order valence-electron chi connectivity index (χ1n) is 9.27. The summed E-state index contributed by atoms with van der Waals surface area (Å²) in [5.74, 6) is 0. The van der Waals surface area contributed by atoms with E-state index in [1.54, 1.807) is 0 Å². The summed E-state index contributed by atoms with van der Waals surface area (Å²) in [6.45, 7) is 3.13. The minimum atomic E-state index is 0.457. The molecular weight excluding hydrogens is 244 g/mol. The van der Waals surface area contributed by atoms with Crippen molar-refractivity contribution >= 4 is 0 Å². The van der Waals surface area contributed by atoms with Crippen LogP contribution in [0.1, 0.15) is 103 Å². The third kappa shape index (κ3) is 16.0. The number of unbranched alkanes of at least 4 members (excludes halogenated alkanes) is 11. The van der Waals surface area contributed by atoms with E-state index in [-0.39, 0.29) is 0 Å². The average Bonchev–Trinajstić information content (AvgIpc) is 2.45. The molecule has 0 aromatic rings. The average molecular weight is 285 g/mol. The predicted octanol–water partition coefficient (Wildman–Crippen LogP) is 5.14. The van der Waals surface area contributed by atoms with Crippen LogP contribution in [0.5, 0.6) is 0 Å². The molecule has 0 saturated carbocycles. The summed E-state index contributed by atoms with van der Waals surface area (Å²) in [7, 11) is 0. The Morgan fingerprint density at radius 2 is 1.00 bits per heavy atom. The standard InChI is InChI=1S/C18H40N2/c1-2-3-4-5-9-12-15-18(20)16-13-10-7-6-8-11-14-17-19/h18H,2-17,19-20H2,1H3. The molecule has 1 unspecified atom stereocenters. The van der Waals surface area contributed by atoms with E-state index in [1.165, 1.54) is 96.3 Å². The zero-order valence-electron chi connectivity index (χ0n) is 14.0. The zero-order valence-corrected chi connectivity index (χ0v) is 14.0. The van der Waals surface area contributed by atoms with Gasteiger partial charge in [-0.25, -0.2) is 0 Å². The van der Waals surface area contributed by atoms with E-state index >= 15 is 0 Å². The van der Waals surface area contributed by atoms with Crippen LogP contribution in [0.2, 0.25) is 0 Å². The van der Waals surface area contributed by atoms with Crippen molar-refractivity contribution in [1.82, 2.24) is 0 Å². The SMILES string of the molecule is CCCCCCCCC(N)CCCCCCCCCN. The van der Waals surface area contributed by atoms with Crippen molar-refractivity contribution in [3.05, 3.63) is 0 Å². The molecule has 2 nitrogen and oxygen atoms in total. The van der Waals surface area contributed by atoms with Crippen molar-refractivity contribution in [2.45, 2.75) is 109 Å². The van der Waals surface area contributed by atoms with Gasteiger partial charge in [0, 0.05) is 6.04 Å². The Balaban J connectivity index is 3.10. The van der Waals surface area contributed by atoms with Gasteiger partial charge in [0.25, 0.3) is 0 Å². The Hall–Kier alpha value is -0.0800. The molecule has 0 aliphatic carbocycles. The molecule has 0 radical (unpaired) electrons. The maximum Gasteiger partial charge on any atom is 0.00388 e. The number of hydrogen-bond donors (Lipinski definition) is 2. The van der Waals surface area contributed by atoms with E-state index in [2.05, 4.69) is 6.92 Å².